The number of nitrogens with zero attached hydrogens (tertiary/aromatic N) is 5. The summed E-state index contributed by atoms with van der Waals surface area (Å²) in [7, 11) is 0. The Balaban J connectivity index is 1.36. The van der Waals surface area contributed by atoms with E-state index in [1.165, 1.54) is 5.56 Å². The Kier molecular flexibility index (Phi) is 7.19. The molecule has 0 aliphatic carbocycles. The average molecular weight is 477 g/mol. The van der Waals surface area contributed by atoms with Crippen LogP contribution in [0.15, 0.2) is 36.7 Å². The molecular formula is C25H28N6O4. The van der Waals surface area contributed by atoms with Crippen LogP contribution in [0.25, 0.3) is 11.4 Å². The minimum atomic E-state index is -1.18. The van der Waals surface area contributed by atoms with Crippen LogP contribution in [0, 0.1) is 19.8 Å². The van der Waals surface area contributed by atoms with Crippen molar-refractivity contribution in [2.75, 3.05) is 24.5 Å². The van der Waals surface area contributed by atoms with Crippen LogP contribution in [0.1, 0.15) is 40.4 Å². The van der Waals surface area contributed by atoms with Gasteiger partial charge in [-0.15, -0.1) is 0 Å². The third kappa shape index (κ3) is 5.89. The normalized spacial score (nSPS) is 14.1. The first-order chi connectivity index (χ1) is 16.8. The molecule has 0 saturated carbocycles. The van der Waals surface area contributed by atoms with Gasteiger partial charge in [0.05, 0.1) is 23.8 Å². The van der Waals surface area contributed by atoms with Crippen LogP contribution < -0.4 is 10.2 Å². The van der Waals surface area contributed by atoms with Gasteiger partial charge in [-0.3, -0.25) is 9.59 Å². The predicted octanol–water partition coefficient (Wildman–Crippen LogP) is 2.53. The van der Waals surface area contributed by atoms with Gasteiger partial charge in [0.15, 0.2) is 17.3 Å². The first-order valence-corrected chi connectivity index (χ1v) is 11.5. The fraction of sp³-hybridized carbons (Fsp3) is 0.360. The minimum absolute atomic E-state index is 0.197. The summed E-state index contributed by atoms with van der Waals surface area (Å²) < 4.78 is 0. The van der Waals surface area contributed by atoms with Crippen molar-refractivity contribution in [1.29, 1.82) is 0 Å². The van der Waals surface area contributed by atoms with E-state index in [0.29, 0.717) is 29.7 Å². The molecule has 3 N–H and O–H groups in total. The highest BCUT2D eigenvalue weighted by atomic mass is 16.4. The zero-order valence-corrected chi connectivity index (χ0v) is 19.7. The number of carbonyl (C=O) groups excluding carboxylic acids is 1. The van der Waals surface area contributed by atoms with Crippen molar-refractivity contribution in [2.45, 2.75) is 33.1 Å². The third-order valence-corrected chi connectivity index (χ3v) is 6.12. The van der Waals surface area contributed by atoms with E-state index in [1.54, 1.807) is 6.92 Å². The molecule has 4 rings (SSSR count). The summed E-state index contributed by atoms with van der Waals surface area (Å²) in [6, 6.07) is 8.12. The summed E-state index contributed by atoms with van der Waals surface area (Å²) in [6.45, 7) is 4.76. The number of aromatic hydroxyl groups is 1. The molecule has 0 unspecified atom stereocenters. The highest BCUT2D eigenvalue weighted by molar-refractivity contribution is 5.96. The third-order valence-electron chi connectivity index (χ3n) is 6.12. The highest BCUT2D eigenvalue weighted by Gasteiger charge is 2.24. The number of anilines is 1. The van der Waals surface area contributed by atoms with Crippen molar-refractivity contribution < 1.29 is 19.8 Å². The maximum absolute atomic E-state index is 12.3. The van der Waals surface area contributed by atoms with E-state index in [-0.39, 0.29) is 11.4 Å². The van der Waals surface area contributed by atoms with Gasteiger partial charge in [0, 0.05) is 25.1 Å². The Morgan fingerprint density at radius 2 is 1.71 bits per heavy atom. The van der Waals surface area contributed by atoms with E-state index in [1.807, 2.05) is 43.6 Å². The lowest BCUT2D eigenvalue weighted by molar-refractivity contribution is -0.135. The molecular weight excluding hydrogens is 448 g/mol. The number of carboxylic acid groups (broad SMARTS) is 1. The van der Waals surface area contributed by atoms with E-state index < -0.39 is 18.4 Å². The van der Waals surface area contributed by atoms with Crippen molar-refractivity contribution >= 4 is 17.6 Å². The molecule has 1 aromatic carbocycles. The summed E-state index contributed by atoms with van der Waals surface area (Å²) in [5, 5.41) is 21.2. The number of benzene rings is 1. The number of hydrogen-bond acceptors (Lipinski definition) is 8. The number of rotatable bonds is 7. The van der Waals surface area contributed by atoms with Crippen LogP contribution in [0.5, 0.6) is 5.75 Å². The Hall–Kier alpha value is -4.08. The highest BCUT2D eigenvalue weighted by Crippen LogP contribution is 2.27. The first kappa shape index (κ1) is 24.1. The number of carboxylic acids is 1. The fourth-order valence-electron chi connectivity index (χ4n) is 4.10. The molecule has 1 saturated heterocycles. The molecule has 10 heteroatoms. The lowest BCUT2D eigenvalue weighted by Gasteiger charge is -2.33. The summed E-state index contributed by atoms with van der Waals surface area (Å²) in [6.07, 6.45) is 6.10. The molecule has 35 heavy (non-hydrogen) atoms. The van der Waals surface area contributed by atoms with Gasteiger partial charge < -0.3 is 20.4 Å². The lowest BCUT2D eigenvalue weighted by Crippen LogP contribution is -2.35. The number of carbonyl (C=O) groups is 2. The van der Waals surface area contributed by atoms with Crippen LogP contribution in [0.3, 0.4) is 0 Å². The van der Waals surface area contributed by atoms with Crippen molar-refractivity contribution in [3.8, 4) is 17.1 Å². The maximum Gasteiger partial charge on any atom is 0.322 e. The quantitative estimate of drug-likeness (QED) is 0.469. The van der Waals surface area contributed by atoms with Gasteiger partial charge in [0.2, 0.25) is 0 Å². The Morgan fingerprint density at radius 3 is 2.34 bits per heavy atom. The van der Waals surface area contributed by atoms with Gasteiger partial charge in [-0.25, -0.2) is 19.9 Å². The van der Waals surface area contributed by atoms with Crippen molar-refractivity contribution in [2.24, 2.45) is 5.92 Å². The van der Waals surface area contributed by atoms with Gasteiger partial charge in [-0.05, 0) is 32.6 Å². The topological polar surface area (TPSA) is 141 Å². The maximum atomic E-state index is 12.3. The number of aromatic nitrogens is 4. The number of amides is 1. The summed E-state index contributed by atoms with van der Waals surface area (Å²) >= 11 is 0. The SMILES string of the molecule is Cc1ccc(-c2ncc(N3CCC(Cc4nc(C)c(O)c(C(=O)NCC(=O)O)n4)CC3)cn2)cc1. The largest absolute Gasteiger partial charge is 0.504 e. The molecule has 0 bridgehead atoms. The Morgan fingerprint density at radius 1 is 1.06 bits per heavy atom. The summed E-state index contributed by atoms with van der Waals surface area (Å²) in [5.74, 6) is -0.763. The number of nitrogens with one attached hydrogen (secondary N) is 1. The number of aliphatic carboxylic acids is 1. The summed E-state index contributed by atoms with van der Waals surface area (Å²) in [5.41, 5.74) is 3.25. The smallest absolute Gasteiger partial charge is 0.322 e. The molecule has 1 fully saturated rings. The van der Waals surface area contributed by atoms with Crippen LogP contribution in [-0.2, 0) is 11.2 Å². The molecule has 3 heterocycles. The monoisotopic (exact) mass is 476 g/mol. The van der Waals surface area contributed by atoms with Gasteiger partial charge >= 0.3 is 5.97 Å². The molecule has 0 spiro atoms. The second-order valence-corrected chi connectivity index (χ2v) is 8.76. The number of hydrogen-bond donors (Lipinski definition) is 3. The Bertz CT molecular complexity index is 1210. The van der Waals surface area contributed by atoms with Crippen molar-refractivity contribution in [3.63, 3.8) is 0 Å². The number of aryl methyl sites for hydroxylation is 2. The zero-order chi connectivity index (χ0) is 24.9. The van der Waals surface area contributed by atoms with Gasteiger partial charge in [0.25, 0.3) is 5.91 Å². The molecule has 0 radical (unpaired) electrons. The van der Waals surface area contributed by atoms with E-state index in [9.17, 15) is 14.7 Å². The molecule has 1 amide bonds. The Labute approximate surface area is 203 Å². The second kappa shape index (κ2) is 10.5. The fourth-order valence-corrected chi connectivity index (χ4v) is 4.10. The molecule has 0 atom stereocenters. The first-order valence-electron chi connectivity index (χ1n) is 11.5. The zero-order valence-electron chi connectivity index (χ0n) is 19.7. The lowest BCUT2D eigenvalue weighted by atomic mass is 9.93. The van der Waals surface area contributed by atoms with E-state index in [0.717, 1.165) is 37.2 Å². The molecule has 10 nitrogen and oxygen atoms in total. The standard InChI is InChI=1S/C25H28N6O4/c1-15-3-5-18(6-4-15)24-26-12-19(13-27-24)31-9-7-17(8-10-31)11-20-29-16(2)23(34)22(30-20)25(35)28-14-21(32)33/h3-6,12-13,17,34H,7-11,14H2,1-2H3,(H,28,35)(H,32,33). The molecule has 182 valence electrons. The molecule has 3 aromatic rings. The van der Waals surface area contributed by atoms with Crippen LogP contribution >= 0.6 is 0 Å². The van der Waals surface area contributed by atoms with E-state index in [2.05, 4.69) is 30.2 Å². The van der Waals surface area contributed by atoms with E-state index >= 15 is 0 Å². The molecule has 2 aromatic heterocycles. The van der Waals surface area contributed by atoms with Crippen LogP contribution in [0.4, 0.5) is 5.69 Å². The average Bonchev–Trinajstić information content (AvgIpc) is 2.86. The second-order valence-electron chi connectivity index (χ2n) is 8.76. The minimum Gasteiger partial charge on any atom is -0.504 e. The predicted molar refractivity (Wildman–Crippen MR) is 129 cm³/mol. The van der Waals surface area contributed by atoms with Crippen molar-refractivity contribution in [3.05, 3.63) is 59.4 Å². The van der Waals surface area contributed by atoms with Crippen LogP contribution in [-0.4, -0.2) is 61.7 Å². The van der Waals surface area contributed by atoms with Gasteiger partial charge in [0.1, 0.15) is 12.4 Å². The summed E-state index contributed by atoms with van der Waals surface area (Å²) in [4.78, 5) is 42.9. The molecule has 1 aliphatic rings. The number of piperidine rings is 1. The van der Waals surface area contributed by atoms with Crippen molar-refractivity contribution in [1.82, 2.24) is 25.3 Å². The van der Waals surface area contributed by atoms with E-state index in [4.69, 9.17) is 5.11 Å². The van der Waals surface area contributed by atoms with Gasteiger partial charge in [-0.2, -0.15) is 0 Å². The van der Waals surface area contributed by atoms with Gasteiger partial charge in [-0.1, -0.05) is 29.8 Å². The van der Waals surface area contributed by atoms with Crippen LogP contribution in [0.2, 0.25) is 0 Å². The molecule has 1 aliphatic heterocycles.